The molecule has 1 N–H and O–H groups in total. The van der Waals surface area contributed by atoms with E-state index in [1.165, 1.54) is 11.8 Å². The lowest BCUT2D eigenvalue weighted by atomic mass is 10.1. The summed E-state index contributed by atoms with van der Waals surface area (Å²) in [6.07, 6.45) is 1.70. The Morgan fingerprint density at radius 1 is 1.38 bits per heavy atom. The highest BCUT2D eigenvalue weighted by atomic mass is 32.2. The Labute approximate surface area is 125 Å². The molecule has 21 heavy (non-hydrogen) atoms. The van der Waals surface area contributed by atoms with Gasteiger partial charge in [-0.25, -0.2) is 4.98 Å². The van der Waals surface area contributed by atoms with Crippen LogP contribution in [0.1, 0.15) is 18.3 Å². The molecular formula is C14H15N5OS. The van der Waals surface area contributed by atoms with E-state index in [-0.39, 0.29) is 5.56 Å². The molecule has 0 saturated heterocycles. The van der Waals surface area contributed by atoms with Crippen LogP contribution in [0.4, 0.5) is 0 Å². The summed E-state index contributed by atoms with van der Waals surface area (Å²) in [6, 6.07) is 5.62. The Morgan fingerprint density at radius 2 is 2.24 bits per heavy atom. The first-order valence-electron chi connectivity index (χ1n) is 6.68. The fourth-order valence-corrected chi connectivity index (χ4v) is 2.98. The third-order valence-corrected chi connectivity index (χ3v) is 4.24. The zero-order valence-corrected chi connectivity index (χ0v) is 12.6. The molecule has 0 amide bonds. The van der Waals surface area contributed by atoms with Crippen molar-refractivity contribution in [1.82, 2.24) is 24.7 Å². The van der Waals surface area contributed by atoms with Crippen LogP contribution in [0.5, 0.6) is 0 Å². The summed E-state index contributed by atoms with van der Waals surface area (Å²) in [5, 5.41) is 9.40. The van der Waals surface area contributed by atoms with Gasteiger partial charge in [-0.2, -0.15) is 0 Å². The molecule has 6 nitrogen and oxygen atoms in total. The molecule has 0 aliphatic heterocycles. The summed E-state index contributed by atoms with van der Waals surface area (Å²) in [6.45, 7) is 4.81. The highest BCUT2D eigenvalue weighted by molar-refractivity contribution is 7.98. The molecule has 3 rings (SSSR count). The van der Waals surface area contributed by atoms with Crippen LogP contribution < -0.4 is 5.56 Å². The van der Waals surface area contributed by atoms with Gasteiger partial charge in [0.1, 0.15) is 12.2 Å². The molecule has 0 spiro atoms. The maximum Gasteiger partial charge on any atom is 0.258 e. The molecule has 0 radical (unpaired) electrons. The molecule has 108 valence electrons. The van der Waals surface area contributed by atoms with Gasteiger partial charge in [0, 0.05) is 6.54 Å². The molecule has 0 fully saturated rings. The third kappa shape index (κ3) is 2.69. The minimum absolute atomic E-state index is 0.101. The van der Waals surface area contributed by atoms with Crippen LogP contribution in [0.15, 0.2) is 34.5 Å². The molecule has 7 heteroatoms. The number of fused-ring (bicyclic) bond motifs is 1. The van der Waals surface area contributed by atoms with Crippen LogP contribution in [-0.4, -0.2) is 24.7 Å². The van der Waals surface area contributed by atoms with Gasteiger partial charge in [0.2, 0.25) is 0 Å². The number of aromatic amines is 1. The van der Waals surface area contributed by atoms with Gasteiger partial charge in [0.25, 0.3) is 5.56 Å². The molecule has 0 saturated carbocycles. The molecule has 3 aromatic rings. The van der Waals surface area contributed by atoms with Gasteiger partial charge in [-0.15, -0.1) is 10.2 Å². The minimum atomic E-state index is -0.101. The third-order valence-electron chi connectivity index (χ3n) is 3.25. The van der Waals surface area contributed by atoms with Gasteiger partial charge in [0.15, 0.2) is 5.16 Å². The van der Waals surface area contributed by atoms with Gasteiger partial charge >= 0.3 is 0 Å². The second-order valence-corrected chi connectivity index (χ2v) is 5.61. The fraction of sp³-hybridized carbons (Fsp3) is 0.286. The van der Waals surface area contributed by atoms with E-state index in [1.807, 2.05) is 30.5 Å². The Balaban J connectivity index is 1.91. The Morgan fingerprint density at radius 3 is 3.05 bits per heavy atom. The highest BCUT2D eigenvalue weighted by Gasteiger charge is 2.08. The lowest BCUT2D eigenvalue weighted by molar-refractivity contribution is 0.681. The largest absolute Gasteiger partial charge is 0.309 e. The Bertz CT molecular complexity index is 839. The van der Waals surface area contributed by atoms with Crippen molar-refractivity contribution in [1.29, 1.82) is 0 Å². The van der Waals surface area contributed by atoms with Crippen molar-refractivity contribution in [3.63, 3.8) is 0 Å². The van der Waals surface area contributed by atoms with E-state index < -0.39 is 0 Å². The second-order valence-electron chi connectivity index (χ2n) is 4.67. The minimum Gasteiger partial charge on any atom is -0.309 e. The maximum atomic E-state index is 12.1. The van der Waals surface area contributed by atoms with Crippen LogP contribution in [-0.2, 0) is 12.3 Å². The number of hydrogen-bond acceptors (Lipinski definition) is 5. The van der Waals surface area contributed by atoms with E-state index in [9.17, 15) is 4.79 Å². The maximum absolute atomic E-state index is 12.1. The topological polar surface area (TPSA) is 76.5 Å². The summed E-state index contributed by atoms with van der Waals surface area (Å²) in [7, 11) is 0. The van der Waals surface area contributed by atoms with Crippen molar-refractivity contribution in [2.45, 2.75) is 31.3 Å². The van der Waals surface area contributed by atoms with E-state index in [1.54, 1.807) is 12.4 Å². The average Bonchev–Trinajstić information content (AvgIpc) is 2.94. The molecule has 0 bridgehead atoms. The van der Waals surface area contributed by atoms with Crippen LogP contribution in [0.25, 0.3) is 10.9 Å². The summed E-state index contributed by atoms with van der Waals surface area (Å²) in [4.78, 5) is 19.5. The van der Waals surface area contributed by atoms with Crippen molar-refractivity contribution < 1.29 is 0 Å². The molecule has 0 aliphatic rings. The first-order valence-corrected chi connectivity index (χ1v) is 7.66. The summed E-state index contributed by atoms with van der Waals surface area (Å²) in [5.41, 5.74) is 1.66. The normalized spacial score (nSPS) is 11.1. The first-order chi connectivity index (χ1) is 10.2. The molecule has 0 aliphatic carbocycles. The van der Waals surface area contributed by atoms with Gasteiger partial charge in [-0.05, 0) is 25.5 Å². The summed E-state index contributed by atoms with van der Waals surface area (Å²) >= 11 is 1.51. The van der Waals surface area contributed by atoms with Crippen molar-refractivity contribution >= 4 is 22.7 Å². The number of benzene rings is 1. The quantitative estimate of drug-likeness (QED) is 0.747. The Hall–Kier alpha value is -2.15. The highest BCUT2D eigenvalue weighted by Crippen LogP contribution is 2.19. The van der Waals surface area contributed by atoms with E-state index in [4.69, 9.17) is 0 Å². The van der Waals surface area contributed by atoms with E-state index in [0.29, 0.717) is 17.0 Å². The van der Waals surface area contributed by atoms with Crippen LogP contribution in [0, 0.1) is 6.92 Å². The van der Waals surface area contributed by atoms with Gasteiger partial charge in [0.05, 0.1) is 16.7 Å². The van der Waals surface area contributed by atoms with Crippen molar-refractivity contribution in [3.8, 4) is 0 Å². The lowest BCUT2D eigenvalue weighted by Gasteiger charge is -2.05. The SMILES string of the molecule is CCn1cnnc1SCc1nc2c(C)cccc2c(=O)[nH]1. The lowest BCUT2D eigenvalue weighted by Crippen LogP contribution is -2.12. The number of nitrogens with zero attached hydrogens (tertiary/aromatic N) is 4. The molecule has 0 unspecified atom stereocenters. The number of para-hydroxylation sites is 1. The number of aryl methyl sites for hydroxylation is 2. The Kier molecular flexibility index (Phi) is 3.74. The van der Waals surface area contributed by atoms with E-state index in [0.717, 1.165) is 22.8 Å². The zero-order chi connectivity index (χ0) is 14.8. The molecular weight excluding hydrogens is 286 g/mol. The smallest absolute Gasteiger partial charge is 0.258 e. The number of H-pyrrole nitrogens is 1. The summed E-state index contributed by atoms with van der Waals surface area (Å²) in [5.74, 6) is 1.20. The number of thioether (sulfide) groups is 1. The number of aromatic nitrogens is 5. The molecule has 2 heterocycles. The number of hydrogen-bond donors (Lipinski definition) is 1. The standard InChI is InChI=1S/C14H15N5OS/c1-3-19-8-15-18-14(19)21-7-11-16-12-9(2)5-4-6-10(12)13(20)17-11/h4-6,8H,3,7H2,1-2H3,(H,16,17,20). The molecule has 0 atom stereocenters. The van der Waals surface area contributed by atoms with Crippen molar-refractivity contribution in [3.05, 3.63) is 46.3 Å². The predicted molar refractivity (Wildman–Crippen MR) is 82.4 cm³/mol. The van der Waals surface area contributed by atoms with Crippen LogP contribution >= 0.6 is 11.8 Å². The second kappa shape index (κ2) is 5.69. The van der Waals surface area contributed by atoms with Crippen LogP contribution in [0.3, 0.4) is 0 Å². The van der Waals surface area contributed by atoms with Crippen LogP contribution in [0.2, 0.25) is 0 Å². The van der Waals surface area contributed by atoms with Crippen molar-refractivity contribution in [2.24, 2.45) is 0 Å². The zero-order valence-electron chi connectivity index (χ0n) is 11.8. The number of rotatable bonds is 4. The van der Waals surface area contributed by atoms with Gasteiger partial charge < -0.3 is 9.55 Å². The summed E-state index contributed by atoms with van der Waals surface area (Å²) < 4.78 is 1.95. The van der Waals surface area contributed by atoms with Gasteiger partial charge in [-0.1, -0.05) is 23.9 Å². The fourth-order valence-electron chi connectivity index (χ4n) is 2.13. The molecule has 2 aromatic heterocycles. The molecule has 1 aromatic carbocycles. The first kappa shape index (κ1) is 13.8. The number of nitrogens with one attached hydrogen (secondary N) is 1. The van der Waals surface area contributed by atoms with Crippen molar-refractivity contribution in [2.75, 3.05) is 0 Å². The monoisotopic (exact) mass is 301 g/mol. The van der Waals surface area contributed by atoms with E-state index in [2.05, 4.69) is 20.2 Å². The van der Waals surface area contributed by atoms with Gasteiger partial charge in [-0.3, -0.25) is 4.79 Å². The average molecular weight is 301 g/mol. The predicted octanol–water partition coefficient (Wildman–Crippen LogP) is 2.14. The van der Waals surface area contributed by atoms with E-state index >= 15 is 0 Å².